The number of nitrogen functional groups attached to an aromatic ring is 1. The Hall–Kier alpha value is -2.24. The van der Waals surface area contributed by atoms with Crippen molar-refractivity contribution in [1.82, 2.24) is 10.0 Å². The van der Waals surface area contributed by atoms with Gasteiger partial charge in [0.15, 0.2) is 4.90 Å². The lowest BCUT2D eigenvalue weighted by Gasteiger charge is -2.08. The van der Waals surface area contributed by atoms with E-state index in [-0.39, 0.29) is 24.6 Å². The monoisotopic (exact) mass is 317 g/mol. The highest BCUT2D eigenvalue weighted by molar-refractivity contribution is 7.89. The van der Waals surface area contributed by atoms with Gasteiger partial charge in [-0.2, -0.15) is 0 Å². The fourth-order valence-electron chi connectivity index (χ4n) is 1.48. The first-order chi connectivity index (χ1) is 9.81. The van der Waals surface area contributed by atoms with E-state index in [1.54, 1.807) is 0 Å². The van der Waals surface area contributed by atoms with Crippen molar-refractivity contribution in [2.45, 2.75) is 11.3 Å². The Kier molecular flexibility index (Phi) is 5.58. The maximum Gasteiger partial charge on any atom is 0.291 e. The number of amides is 1. The molecule has 1 aromatic carbocycles. The molecule has 11 heteroatoms. The first-order valence-electron chi connectivity index (χ1n) is 5.77. The van der Waals surface area contributed by atoms with Gasteiger partial charge in [-0.3, -0.25) is 20.8 Å². The number of hydrogen-bond donors (Lipinski definition) is 4. The molecule has 1 amide bonds. The molecule has 116 valence electrons. The van der Waals surface area contributed by atoms with E-state index in [0.29, 0.717) is 0 Å². The molecule has 0 saturated heterocycles. The number of nitro groups is 1. The Morgan fingerprint density at radius 2 is 2.10 bits per heavy atom. The molecule has 21 heavy (non-hydrogen) atoms. The van der Waals surface area contributed by atoms with Gasteiger partial charge in [-0.15, -0.1) is 0 Å². The zero-order valence-electron chi connectivity index (χ0n) is 11.1. The number of carbonyl (C=O) groups is 1. The van der Waals surface area contributed by atoms with E-state index in [4.69, 9.17) is 5.84 Å². The van der Waals surface area contributed by atoms with Crippen LogP contribution >= 0.6 is 0 Å². The van der Waals surface area contributed by atoms with Crippen LogP contribution in [0, 0.1) is 10.1 Å². The Bertz CT molecular complexity index is 645. The number of nitro benzene ring substituents is 1. The molecule has 0 fully saturated rings. The van der Waals surface area contributed by atoms with Crippen LogP contribution in [0.2, 0.25) is 0 Å². The Morgan fingerprint density at radius 3 is 2.62 bits per heavy atom. The van der Waals surface area contributed by atoms with Crippen LogP contribution in [0.15, 0.2) is 23.1 Å². The zero-order valence-corrected chi connectivity index (χ0v) is 11.9. The smallest absolute Gasteiger partial charge is 0.291 e. The fourth-order valence-corrected chi connectivity index (χ4v) is 2.66. The molecule has 0 atom stereocenters. The van der Waals surface area contributed by atoms with Gasteiger partial charge in [-0.1, -0.05) is 0 Å². The molecule has 0 radical (unpaired) electrons. The van der Waals surface area contributed by atoms with Crippen LogP contribution in [0.5, 0.6) is 0 Å². The van der Waals surface area contributed by atoms with E-state index in [0.717, 1.165) is 12.1 Å². The number of rotatable bonds is 7. The summed E-state index contributed by atoms with van der Waals surface area (Å²) in [6.07, 6.45) is -0.0774. The SMILES string of the molecule is CNC(=O)CCNS(=O)(=O)c1ccc(NN)cc1[N+](=O)[O-]. The maximum absolute atomic E-state index is 12.0. The van der Waals surface area contributed by atoms with Crippen molar-refractivity contribution in [1.29, 1.82) is 0 Å². The van der Waals surface area contributed by atoms with Crippen molar-refractivity contribution >= 4 is 27.3 Å². The highest BCUT2D eigenvalue weighted by atomic mass is 32.2. The number of nitrogens with two attached hydrogens (primary N) is 1. The Labute approximate surface area is 120 Å². The van der Waals surface area contributed by atoms with Gasteiger partial charge in [0.05, 0.1) is 10.6 Å². The molecule has 0 aliphatic heterocycles. The normalized spacial score (nSPS) is 11.0. The van der Waals surface area contributed by atoms with Gasteiger partial charge in [0.25, 0.3) is 5.69 Å². The van der Waals surface area contributed by atoms with Crippen LogP contribution in [0.4, 0.5) is 11.4 Å². The Morgan fingerprint density at radius 1 is 1.43 bits per heavy atom. The van der Waals surface area contributed by atoms with Gasteiger partial charge >= 0.3 is 0 Å². The van der Waals surface area contributed by atoms with Crippen LogP contribution in [0.3, 0.4) is 0 Å². The molecule has 1 rings (SSSR count). The zero-order chi connectivity index (χ0) is 16.0. The third-order valence-electron chi connectivity index (χ3n) is 2.53. The first-order valence-corrected chi connectivity index (χ1v) is 7.25. The second-order valence-corrected chi connectivity index (χ2v) is 5.64. The molecule has 5 N–H and O–H groups in total. The van der Waals surface area contributed by atoms with E-state index in [1.165, 1.54) is 13.1 Å². The number of hydrazine groups is 1. The molecule has 1 aromatic rings. The summed E-state index contributed by atoms with van der Waals surface area (Å²) in [6, 6.07) is 3.36. The number of nitrogens with zero attached hydrogens (tertiary/aromatic N) is 1. The van der Waals surface area contributed by atoms with Gasteiger partial charge < -0.3 is 10.7 Å². The van der Waals surface area contributed by atoms with Gasteiger partial charge in [0, 0.05) is 26.1 Å². The predicted octanol–water partition coefficient (Wildman–Crippen LogP) is -0.705. The van der Waals surface area contributed by atoms with Crippen molar-refractivity contribution < 1.29 is 18.1 Å². The van der Waals surface area contributed by atoms with Gasteiger partial charge in [0.1, 0.15) is 0 Å². The molecular formula is C10H15N5O5S. The third kappa shape index (κ3) is 4.37. The third-order valence-corrected chi connectivity index (χ3v) is 4.04. The van der Waals surface area contributed by atoms with Crippen LogP contribution in [-0.2, 0) is 14.8 Å². The highest BCUT2D eigenvalue weighted by Gasteiger charge is 2.25. The summed E-state index contributed by atoms with van der Waals surface area (Å²) >= 11 is 0. The largest absolute Gasteiger partial charge is 0.359 e. The summed E-state index contributed by atoms with van der Waals surface area (Å²) in [5.74, 6) is 4.77. The summed E-state index contributed by atoms with van der Waals surface area (Å²) < 4.78 is 26.2. The molecule has 0 aliphatic carbocycles. The quantitative estimate of drug-likeness (QED) is 0.294. The van der Waals surface area contributed by atoms with E-state index >= 15 is 0 Å². The summed E-state index contributed by atoms with van der Waals surface area (Å²) in [6.45, 7) is -0.171. The minimum absolute atomic E-state index is 0.0774. The van der Waals surface area contributed by atoms with E-state index in [9.17, 15) is 23.3 Å². The Balaban J connectivity index is 3.02. The molecule has 0 aliphatic rings. The van der Waals surface area contributed by atoms with E-state index in [2.05, 4.69) is 15.5 Å². The summed E-state index contributed by atoms with van der Waals surface area (Å²) in [7, 11) is -2.69. The van der Waals surface area contributed by atoms with Gasteiger partial charge in [-0.25, -0.2) is 13.1 Å². The lowest BCUT2D eigenvalue weighted by molar-refractivity contribution is -0.387. The lowest BCUT2D eigenvalue weighted by atomic mass is 10.3. The maximum atomic E-state index is 12.0. The summed E-state index contributed by atoms with van der Waals surface area (Å²) in [4.78, 5) is 20.6. The second kappa shape index (κ2) is 6.97. The topological polar surface area (TPSA) is 156 Å². The second-order valence-electron chi connectivity index (χ2n) is 3.90. The lowest BCUT2D eigenvalue weighted by Crippen LogP contribution is -2.29. The number of hydrogen-bond acceptors (Lipinski definition) is 7. The average Bonchev–Trinajstić information content (AvgIpc) is 2.45. The van der Waals surface area contributed by atoms with E-state index in [1.807, 2.05) is 0 Å². The van der Waals surface area contributed by atoms with Crippen LogP contribution in [0.25, 0.3) is 0 Å². The van der Waals surface area contributed by atoms with Crippen LogP contribution < -0.4 is 21.3 Å². The van der Waals surface area contributed by atoms with Crippen LogP contribution in [0.1, 0.15) is 6.42 Å². The average molecular weight is 317 g/mol. The van der Waals surface area contributed by atoms with Crippen molar-refractivity contribution in [2.24, 2.45) is 5.84 Å². The van der Waals surface area contributed by atoms with E-state index < -0.39 is 25.5 Å². The van der Waals surface area contributed by atoms with Crippen molar-refractivity contribution in [3.8, 4) is 0 Å². The molecule has 0 aromatic heterocycles. The number of benzene rings is 1. The molecule has 0 saturated carbocycles. The number of nitrogens with one attached hydrogen (secondary N) is 3. The van der Waals surface area contributed by atoms with Gasteiger partial charge in [-0.05, 0) is 12.1 Å². The van der Waals surface area contributed by atoms with Crippen molar-refractivity contribution in [2.75, 3.05) is 19.0 Å². The predicted molar refractivity (Wildman–Crippen MR) is 74.8 cm³/mol. The minimum atomic E-state index is -4.11. The van der Waals surface area contributed by atoms with Crippen molar-refractivity contribution in [3.63, 3.8) is 0 Å². The molecule has 10 nitrogen and oxygen atoms in total. The minimum Gasteiger partial charge on any atom is -0.359 e. The number of sulfonamides is 1. The van der Waals surface area contributed by atoms with Gasteiger partial charge in [0.2, 0.25) is 15.9 Å². The molecule has 0 heterocycles. The number of carbonyl (C=O) groups excluding carboxylic acids is 1. The molecule has 0 unspecified atom stereocenters. The summed E-state index contributed by atoms with van der Waals surface area (Å²) in [5, 5.41) is 13.3. The van der Waals surface area contributed by atoms with Crippen molar-refractivity contribution in [3.05, 3.63) is 28.3 Å². The molecule has 0 bridgehead atoms. The highest BCUT2D eigenvalue weighted by Crippen LogP contribution is 2.26. The summed E-state index contributed by atoms with van der Waals surface area (Å²) in [5.41, 5.74) is 1.78. The fraction of sp³-hybridized carbons (Fsp3) is 0.300. The first kappa shape index (κ1) is 16.8. The molecule has 0 spiro atoms. The van der Waals surface area contributed by atoms with Crippen LogP contribution in [-0.4, -0.2) is 32.8 Å². The molecular weight excluding hydrogens is 302 g/mol. The standard InChI is InChI=1S/C10H15N5O5S/c1-12-10(16)4-5-13-21(19,20)9-3-2-7(14-11)6-8(9)15(17)18/h2-3,6,13-14H,4-5,11H2,1H3,(H,12,16). The number of anilines is 1.